The van der Waals surface area contributed by atoms with Crippen LogP contribution >= 0.6 is 0 Å². The highest BCUT2D eigenvalue weighted by Gasteiger charge is 2.20. The van der Waals surface area contributed by atoms with E-state index >= 15 is 0 Å². The number of hydrazone groups is 1. The maximum Gasteiger partial charge on any atom is 0.260 e. The highest BCUT2D eigenvalue weighted by molar-refractivity contribution is 7.92. The number of furan rings is 1. The molecule has 0 unspecified atom stereocenters. The smallest absolute Gasteiger partial charge is 0.260 e. The number of nitrogens with one attached hydrogen (secondary N) is 1. The molecule has 7 nitrogen and oxygen atoms in total. The molecule has 0 bridgehead atoms. The Morgan fingerprint density at radius 1 is 1.29 bits per heavy atom. The summed E-state index contributed by atoms with van der Waals surface area (Å²) >= 11 is 0. The number of nitrogens with zero attached hydrogens (tertiary/aromatic N) is 2. The van der Waals surface area contributed by atoms with Gasteiger partial charge in [0.05, 0.1) is 24.4 Å². The normalized spacial score (nSPS) is 11.6. The summed E-state index contributed by atoms with van der Waals surface area (Å²) < 4.78 is 30.0. The second-order valence-corrected chi connectivity index (χ2v) is 7.01. The first-order chi connectivity index (χ1) is 11.4. The molecule has 0 saturated heterocycles. The molecule has 2 rings (SSSR count). The van der Waals surface area contributed by atoms with Crippen molar-refractivity contribution >= 4 is 27.8 Å². The maximum absolute atomic E-state index is 12.0. The van der Waals surface area contributed by atoms with Crippen LogP contribution in [0.1, 0.15) is 18.2 Å². The minimum Gasteiger partial charge on any atom is -0.463 e. The van der Waals surface area contributed by atoms with Crippen LogP contribution in [0.25, 0.3) is 0 Å². The minimum absolute atomic E-state index is 0.361. The summed E-state index contributed by atoms with van der Waals surface area (Å²) in [6, 6.07) is 10.4. The van der Waals surface area contributed by atoms with Gasteiger partial charge in [-0.1, -0.05) is 19.1 Å². The van der Waals surface area contributed by atoms with Crippen molar-refractivity contribution in [3.63, 3.8) is 0 Å². The summed E-state index contributed by atoms with van der Waals surface area (Å²) in [5.74, 6) is -0.0757. The van der Waals surface area contributed by atoms with Crippen molar-refractivity contribution in [1.29, 1.82) is 0 Å². The van der Waals surface area contributed by atoms with Gasteiger partial charge in [0.2, 0.25) is 10.0 Å². The van der Waals surface area contributed by atoms with Gasteiger partial charge in [-0.25, -0.2) is 13.8 Å². The molecule has 2 aromatic rings. The molecular weight excluding hydrogens is 330 g/mol. The number of carbonyl (C=O) groups is 1. The molecule has 1 amide bonds. The average Bonchev–Trinajstić information content (AvgIpc) is 3.05. The first-order valence-corrected chi connectivity index (χ1v) is 9.17. The van der Waals surface area contributed by atoms with Gasteiger partial charge in [-0.3, -0.25) is 9.10 Å². The molecule has 24 heavy (non-hydrogen) atoms. The van der Waals surface area contributed by atoms with Crippen LogP contribution in [0.5, 0.6) is 0 Å². The third kappa shape index (κ3) is 4.95. The highest BCUT2D eigenvalue weighted by Crippen LogP contribution is 2.18. The number of amides is 1. The van der Waals surface area contributed by atoms with Crippen LogP contribution in [0.4, 0.5) is 5.69 Å². The van der Waals surface area contributed by atoms with E-state index in [1.807, 2.05) is 19.1 Å². The zero-order valence-electron chi connectivity index (χ0n) is 13.5. The number of benzene rings is 1. The molecule has 0 aliphatic heterocycles. The van der Waals surface area contributed by atoms with Crippen LogP contribution < -0.4 is 9.73 Å². The van der Waals surface area contributed by atoms with E-state index in [0.29, 0.717) is 11.4 Å². The van der Waals surface area contributed by atoms with E-state index in [9.17, 15) is 13.2 Å². The van der Waals surface area contributed by atoms with Gasteiger partial charge in [-0.05, 0) is 36.2 Å². The molecule has 0 radical (unpaired) electrons. The van der Waals surface area contributed by atoms with Gasteiger partial charge >= 0.3 is 0 Å². The van der Waals surface area contributed by atoms with Gasteiger partial charge in [0.1, 0.15) is 12.3 Å². The quantitative estimate of drug-likeness (QED) is 0.609. The maximum atomic E-state index is 12.0. The first-order valence-electron chi connectivity index (χ1n) is 7.32. The molecule has 0 aliphatic rings. The Hall–Kier alpha value is -2.61. The van der Waals surface area contributed by atoms with E-state index in [1.165, 1.54) is 12.5 Å². The molecule has 0 spiro atoms. The van der Waals surface area contributed by atoms with E-state index in [4.69, 9.17) is 4.42 Å². The van der Waals surface area contributed by atoms with E-state index < -0.39 is 15.9 Å². The number of aryl methyl sites for hydroxylation is 1. The SMILES string of the molecule is CCc1ccc(N(CC(=O)N/N=C\c2ccco2)S(C)(=O)=O)cc1. The lowest BCUT2D eigenvalue weighted by Crippen LogP contribution is -2.39. The van der Waals surface area contributed by atoms with Crippen molar-refractivity contribution in [2.24, 2.45) is 5.10 Å². The van der Waals surface area contributed by atoms with Crippen LogP contribution in [0, 0.1) is 0 Å². The molecule has 1 aromatic carbocycles. The highest BCUT2D eigenvalue weighted by atomic mass is 32.2. The third-order valence-electron chi connectivity index (χ3n) is 3.24. The summed E-state index contributed by atoms with van der Waals surface area (Å²) in [6.07, 6.45) is 4.72. The Morgan fingerprint density at radius 3 is 2.54 bits per heavy atom. The van der Waals surface area contributed by atoms with Gasteiger partial charge < -0.3 is 4.42 Å². The predicted octanol–water partition coefficient (Wildman–Crippen LogP) is 1.76. The van der Waals surface area contributed by atoms with Crippen LogP contribution in [-0.4, -0.2) is 33.3 Å². The first kappa shape index (κ1) is 17.7. The predicted molar refractivity (Wildman–Crippen MR) is 92.5 cm³/mol. The van der Waals surface area contributed by atoms with E-state index in [2.05, 4.69) is 10.5 Å². The van der Waals surface area contributed by atoms with Crippen LogP contribution in [0.15, 0.2) is 52.2 Å². The third-order valence-corrected chi connectivity index (χ3v) is 4.38. The van der Waals surface area contributed by atoms with Crippen molar-refractivity contribution in [1.82, 2.24) is 5.43 Å². The topological polar surface area (TPSA) is 92.0 Å². The molecular formula is C16H19N3O4S. The number of rotatable bonds is 7. The average molecular weight is 349 g/mol. The molecule has 0 aliphatic carbocycles. The second-order valence-electron chi connectivity index (χ2n) is 5.10. The Labute approximate surface area is 141 Å². The van der Waals surface area contributed by atoms with E-state index in [-0.39, 0.29) is 6.54 Å². The largest absolute Gasteiger partial charge is 0.463 e. The van der Waals surface area contributed by atoms with Crippen molar-refractivity contribution in [2.45, 2.75) is 13.3 Å². The van der Waals surface area contributed by atoms with Crippen molar-refractivity contribution in [3.8, 4) is 0 Å². The molecule has 128 valence electrons. The van der Waals surface area contributed by atoms with Crippen molar-refractivity contribution in [3.05, 3.63) is 54.0 Å². The van der Waals surface area contributed by atoms with E-state index in [1.54, 1.807) is 24.3 Å². The Bertz CT molecular complexity index is 796. The fourth-order valence-electron chi connectivity index (χ4n) is 2.00. The summed E-state index contributed by atoms with van der Waals surface area (Å²) in [5.41, 5.74) is 3.79. The van der Waals surface area contributed by atoms with Gasteiger partial charge in [-0.2, -0.15) is 5.10 Å². The summed E-state index contributed by atoms with van der Waals surface area (Å²) in [4.78, 5) is 12.0. The van der Waals surface area contributed by atoms with Gasteiger partial charge in [0.25, 0.3) is 5.91 Å². The summed E-state index contributed by atoms with van der Waals surface area (Å²) in [5, 5.41) is 3.73. The number of anilines is 1. The zero-order chi connectivity index (χ0) is 17.6. The van der Waals surface area contributed by atoms with Crippen molar-refractivity contribution < 1.29 is 17.6 Å². The number of hydrogen-bond acceptors (Lipinski definition) is 5. The molecule has 8 heteroatoms. The lowest BCUT2D eigenvalue weighted by Gasteiger charge is -2.21. The fraction of sp³-hybridized carbons (Fsp3) is 0.250. The lowest BCUT2D eigenvalue weighted by atomic mass is 10.1. The van der Waals surface area contributed by atoms with Crippen molar-refractivity contribution in [2.75, 3.05) is 17.1 Å². The molecule has 0 saturated carbocycles. The Balaban J connectivity index is 2.06. The molecule has 0 fully saturated rings. The number of sulfonamides is 1. The second kappa shape index (κ2) is 7.78. The van der Waals surface area contributed by atoms with Crippen LogP contribution in [-0.2, 0) is 21.2 Å². The summed E-state index contributed by atoms with van der Waals surface area (Å²) in [7, 11) is -3.60. The van der Waals surface area contributed by atoms with Crippen LogP contribution in [0.3, 0.4) is 0 Å². The molecule has 1 heterocycles. The zero-order valence-corrected chi connectivity index (χ0v) is 14.3. The van der Waals surface area contributed by atoms with E-state index in [0.717, 1.165) is 22.5 Å². The molecule has 0 atom stereocenters. The fourth-order valence-corrected chi connectivity index (χ4v) is 2.85. The van der Waals surface area contributed by atoms with Crippen LogP contribution in [0.2, 0.25) is 0 Å². The molecule has 1 N–H and O–H groups in total. The van der Waals surface area contributed by atoms with Gasteiger partial charge in [0.15, 0.2) is 0 Å². The monoisotopic (exact) mass is 349 g/mol. The minimum atomic E-state index is -3.60. The Kier molecular flexibility index (Phi) is 5.75. The van der Waals surface area contributed by atoms with Gasteiger partial charge in [-0.15, -0.1) is 0 Å². The lowest BCUT2D eigenvalue weighted by molar-refractivity contribution is -0.119. The standard InChI is InChI=1S/C16H19N3O4S/c1-3-13-6-8-14(9-7-13)19(24(2,21)22)12-16(20)18-17-11-15-5-4-10-23-15/h4-11H,3,12H2,1-2H3,(H,18,20)/b17-11-. The number of hydrogen-bond donors (Lipinski definition) is 1. The Morgan fingerprint density at radius 2 is 2.00 bits per heavy atom. The summed E-state index contributed by atoms with van der Waals surface area (Å²) in [6.45, 7) is 1.65. The molecule has 1 aromatic heterocycles. The van der Waals surface area contributed by atoms with Gasteiger partial charge in [0, 0.05) is 0 Å². The number of carbonyl (C=O) groups excluding carboxylic acids is 1.